The van der Waals surface area contributed by atoms with Gasteiger partial charge in [0.2, 0.25) is 0 Å². The molecule has 1 aliphatic carbocycles. The first-order valence-corrected chi connectivity index (χ1v) is 14.4. The van der Waals surface area contributed by atoms with Gasteiger partial charge in [-0.05, 0) is 49.1 Å². The van der Waals surface area contributed by atoms with Crippen molar-refractivity contribution in [2.24, 2.45) is 5.92 Å². The van der Waals surface area contributed by atoms with Crippen molar-refractivity contribution in [3.05, 3.63) is 64.9 Å². The molecule has 3 fully saturated rings. The summed E-state index contributed by atoms with van der Waals surface area (Å²) in [5.41, 5.74) is 2.47. The van der Waals surface area contributed by atoms with Crippen LogP contribution >= 0.6 is 11.6 Å². The van der Waals surface area contributed by atoms with Crippen molar-refractivity contribution < 1.29 is 22.4 Å². The zero-order chi connectivity index (χ0) is 28.7. The highest BCUT2D eigenvalue weighted by Gasteiger charge is 2.41. The maximum absolute atomic E-state index is 13.8. The predicted octanol–water partition coefficient (Wildman–Crippen LogP) is 6.36. The monoisotopic (exact) mass is 589 g/mol. The molecule has 218 valence electrons. The summed E-state index contributed by atoms with van der Waals surface area (Å²) in [5.74, 6) is 0.213. The van der Waals surface area contributed by atoms with E-state index in [-0.39, 0.29) is 12.2 Å². The van der Waals surface area contributed by atoms with Crippen LogP contribution in [0.2, 0.25) is 5.02 Å². The lowest BCUT2D eigenvalue weighted by Gasteiger charge is -2.37. The van der Waals surface area contributed by atoms with Crippen LogP contribution in [0.1, 0.15) is 41.4 Å². The highest BCUT2D eigenvalue weighted by atomic mass is 35.5. The Balaban J connectivity index is 1.19. The van der Waals surface area contributed by atoms with Crippen LogP contribution in [0.25, 0.3) is 11.1 Å². The van der Waals surface area contributed by atoms with Crippen LogP contribution in [-0.4, -0.2) is 73.0 Å². The Bertz CT molecular complexity index is 1390. The Hall–Kier alpha value is -3.11. The van der Waals surface area contributed by atoms with Crippen molar-refractivity contribution in [1.29, 1.82) is 0 Å². The van der Waals surface area contributed by atoms with Crippen LogP contribution in [0.15, 0.2) is 48.7 Å². The van der Waals surface area contributed by atoms with Crippen LogP contribution in [-0.2, 0) is 6.18 Å². The van der Waals surface area contributed by atoms with E-state index in [0.717, 1.165) is 66.1 Å². The molecule has 0 spiro atoms. The number of halogens is 5. The van der Waals surface area contributed by atoms with Crippen molar-refractivity contribution in [3.63, 3.8) is 0 Å². The summed E-state index contributed by atoms with van der Waals surface area (Å²) in [6.45, 7) is 5.45. The molecular weight excluding hydrogens is 558 g/mol. The smallest absolute Gasteiger partial charge is 0.369 e. The number of anilines is 2. The molecule has 2 saturated heterocycles. The number of piperazine rings is 1. The van der Waals surface area contributed by atoms with Crippen molar-refractivity contribution in [2.45, 2.75) is 37.7 Å². The number of hydrogen-bond donors (Lipinski definition) is 0. The van der Waals surface area contributed by atoms with Gasteiger partial charge < -0.3 is 9.80 Å². The van der Waals surface area contributed by atoms with Crippen LogP contribution in [0.5, 0.6) is 0 Å². The Kier molecular flexibility index (Phi) is 7.72. The molecule has 3 heterocycles. The largest absolute Gasteiger partial charge is 0.433 e. The lowest BCUT2D eigenvalue weighted by Crippen LogP contribution is -2.47. The first-order valence-electron chi connectivity index (χ1n) is 14.1. The maximum atomic E-state index is 13.8. The van der Waals surface area contributed by atoms with E-state index >= 15 is 0 Å². The second-order valence-corrected chi connectivity index (χ2v) is 11.7. The second-order valence-electron chi connectivity index (χ2n) is 11.3. The molecule has 3 unspecified atom stereocenters. The number of carbonyl (C=O) groups is 1. The van der Waals surface area contributed by atoms with Gasteiger partial charge in [-0.3, -0.25) is 14.4 Å². The molecule has 0 amide bonds. The number of aromatic nitrogens is 2. The van der Waals surface area contributed by atoms with Crippen molar-refractivity contribution >= 4 is 29.3 Å². The van der Waals surface area contributed by atoms with E-state index in [2.05, 4.69) is 44.1 Å². The number of alkyl halides is 4. The first kappa shape index (κ1) is 28.0. The molecule has 6 nitrogen and oxygen atoms in total. The fourth-order valence-corrected chi connectivity index (χ4v) is 6.35. The minimum atomic E-state index is -4.68. The normalized spacial score (nSPS) is 23.6. The molecule has 1 saturated carbocycles. The van der Waals surface area contributed by atoms with Gasteiger partial charge in [0.25, 0.3) is 0 Å². The van der Waals surface area contributed by atoms with Gasteiger partial charge in [-0.15, -0.1) is 0 Å². The number of nitrogens with zero attached hydrogens (tertiary/aromatic N) is 5. The third-order valence-corrected chi connectivity index (χ3v) is 8.74. The fraction of sp³-hybridized carbons (Fsp3) is 0.467. The maximum Gasteiger partial charge on any atom is 0.433 e. The molecule has 11 heteroatoms. The first-order chi connectivity index (χ1) is 19.7. The number of hydrogen-bond acceptors (Lipinski definition) is 5. The number of piperidine rings is 1. The molecule has 2 aliphatic heterocycles. The van der Waals surface area contributed by atoms with E-state index in [1.807, 2.05) is 18.2 Å². The van der Waals surface area contributed by atoms with Crippen LogP contribution < -0.4 is 9.80 Å². The molecule has 0 N–H and O–H groups in total. The molecule has 3 aromatic rings. The zero-order valence-corrected chi connectivity index (χ0v) is 23.3. The van der Waals surface area contributed by atoms with Crippen molar-refractivity contribution in [1.82, 2.24) is 14.7 Å². The van der Waals surface area contributed by atoms with E-state index in [9.17, 15) is 22.4 Å². The summed E-state index contributed by atoms with van der Waals surface area (Å²) in [4.78, 5) is 18.0. The quantitative estimate of drug-likeness (QED) is 0.237. The third-order valence-electron chi connectivity index (χ3n) is 8.51. The standard InChI is InChI=1S/C30H32ClF4N5O/c31-23-5-8-26(20-3-6-24(7-4-20)38-12-10-37(11-13-38)17-21-14-27(21)32)28(15-23)39-9-1-2-25(18-39)40-29(30(33,34)35)22(19-41)16-36-40/h3-8,15-16,19,21,25,27H,1-2,9-14,17-18H2. The van der Waals surface area contributed by atoms with Gasteiger partial charge in [-0.25, -0.2) is 4.39 Å². The fourth-order valence-electron chi connectivity index (χ4n) is 6.19. The van der Waals surface area contributed by atoms with Crippen LogP contribution in [0.3, 0.4) is 0 Å². The molecule has 2 aromatic carbocycles. The summed E-state index contributed by atoms with van der Waals surface area (Å²) in [6.07, 6.45) is -2.21. The Labute approximate surface area is 241 Å². The van der Waals surface area contributed by atoms with Crippen molar-refractivity contribution in [2.75, 3.05) is 55.6 Å². The molecule has 41 heavy (non-hydrogen) atoms. The predicted molar refractivity (Wildman–Crippen MR) is 152 cm³/mol. The van der Waals surface area contributed by atoms with Gasteiger partial charge in [0.1, 0.15) is 6.17 Å². The van der Waals surface area contributed by atoms with Gasteiger partial charge in [-0.2, -0.15) is 18.3 Å². The number of aldehydes is 1. The third kappa shape index (κ3) is 5.95. The van der Waals surface area contributed by atoms with E-state index in [1.54, 1.807) is 0 Å². The summed E-state index contributed by atoms with van der Waals surface area (Å²) in [7, 11) is 0. The summed E-state index contributed by atoms with van der Waals surface area (Å²) in [6, 6.07) is 13.4. The van der Waals surface area contributed by atoms with Gasteiger partial charge in [-0.1, -0.05) is 29.8 Å². The van der Waals surface area contributed by atoms with Gasteiger partial charge in [0.15, 0.2) is 12.0 Å². The number of benzene rings is 2. The number of carbonyl (C=O) groups excluding carboxylic acids is 1. The average molecular weight is 590 g/mol. The average Bonchev–Trinajstić information content (AvgIpc) is 3.47. The minimum absolute atomic E-state index is 0.209. The molecule has 6 rings (SSSR count). The van der Waals surface area contributed by atoms with Gasteiger partial charge in [0.05, 0.1) is 17.8 Å². The summed E-state index contributed by atoms with van der Waals surface area (Å²) >= 11 is 6.40. The Morgan fingerprint density at radius 2 is 1.73 bits per heavy atom. The van der Waals surface area contributed by atoms with E-state index in [0.29, 0.717) is 37.4 Å². The van der Waals surface area contributed by atoms with E-state index < -0.39 is 29.6 Å². The van der Waals surface area contributed by atoms with Crippen LogP contribution in [0, 0.1) is 5.92 Å². The van der Waals surface area contributed by atoms with Crippen molar-refractivity contribution in [3.8, 4) is 11.1 Å². The topological polar surface area (TPSA) is 44.6 Å². The Morgan fingerprint density at radius 3 is 2.39 bits per heavy atom. The molecule has 0 radical (unpaired) electrons. The SMILES string of the molecule is O=Cc1cnn(C2CCCN(c3cc(Cl)ccc3-c3ccc(N4CCN(CC5CC5F)CC4)cc3)C2)c1C(F)(F)F. The lowest BCUT2D eigenvalue weighted by molar-refractivity contribution is -0.145. The van der Waals surface area contributed by atoms with Crippen LogP contribution in [0.4, 0.5) is 28.9 Å². The lowest BCUT2D eigenvalue weighted by atomic mass is 9.99. The molecular formula is C30H32ClF4N5O. The second kappa shape index (κ2) is 11.3. The molecule has 0 bridgehead atoms. The highest BCUT2D eigenvalue weighted by molar-refractivity contribution is 6.31. The van der Waals surface area contributed by atoms with E-state index in [4.69, 9.17) is 11.6 Å². The molecule has 3 aliphatic rings. The summed E-state index contributed by atoms with van der Waals surface area (Å²) in [5, 5.41) is 4.52. The van der Waals surface area contributed by atoms with Gasteiger partial charge in [0, 0.05) is 73.7 Å². The number of rotatable bonds is 7. The highest BCUT2D eigenvalue weighted by Crippen LogP contribution is 2.39. The molecule has 3 atom stereocenters. The van der Waals surface area contributed by atoms with E-state index in [1.165, 1.54) is 0 Å². The minimum Gasteiger partial charge on any atom is -0.369 e. The Morgan fingerprint density at radius 1 is 1.00 bits per heavy atom. The zero-order valence-electron chi connectivity index (χ0n) is 22.5. The van der Waals surface area contributed by atoms with Gasteiger partial charge >= 0.3 is 6.18 Å². The summed E-state index contributed by atoms with van der Waals surface area (Å²) < 4.78 is 55.7. The molecule has 1 aromatic heterocycles.